The molecule has 0 heterocycles. The van der Waals surface area contributed by atoms with Gasteiger partial charge in [0.05, 0.1) is 21.1 Å². The van der Waals surface area contributed by atoms with Crippen LogP contribution in [0.25, 0.3) is 0 Å². The van der Waals surface area contributed by atoms with E-state index in [0.717, 1.165) is 32.1 Å². The van der Waals surface area contributed by atoms with Gasteiger partial charge in [-0.2, -0.15) is 0 Å². The van der Waals surface area contributed by atoms with Crippen molar-refractivity contribution in [1.82, 2.24) is 0 Å². The van der Waals surface area contributed by atoms with E-state index in [4.69, 9.17) is 18.5 Å². The summed E-state index contributed by atoms with van der Waals surface area (Å²) in [5.74, 6) is -0.997. The Kier molecular flexibility index (Phi) is 28.5. The van der Waals surface area contributed by atoms with E-state index in [1.807, 2.05) is 21.1 Å². The summed E-state index contributed by atoms with van der Waals surface area (Å²) in [4.78, 5) is 35.1. The number of esters is 2. The Morgan fingerprint density at radius 1 is 0.622 bits per heavy atom. The van der Waals surface area contributed by atoms with Crippen LogP contribution in [0.4, 0.5) is 0 Å². The first-order valence-corrected chi connectivity index (χ1v) is 19.8. The minimum Gasteiger partial charge on any atom is -0.459 e. The summed E-state index contributed by atoms with van der Waals surface area (Å²) in [5, 5.41) is 0. The zero-order valence-corrected chi connectivity index (χ0v) is 30.8. The van der Waals surface area contributed by atoms with Crippen molar-refractivity contribution in [3.63, 3.8) is 0 Å². The summed E-state index contributed by atoms with van der Waals surface area (Å²) in [6, 6.07) is 0. The van der Waals surface area contributed by atoms with Gasteiger partial charge in [0.1, 0.15) is 13.2 Å². The van der Waals surface area contributed by atoms with Gasteiger partial charge in [0.2, 0.25) is 6.29 Å². The minimum absolute atomic E-state index is 0.0185. The van der Waals surface area contributed by atoms with Gasteiger partial charge >= 0.3 is 19.8 Å². The largest absolute Gasteiger partial charge is 0.475 e. The van der Waals surface area contributed by atoms with E-state index >= 15 is 0 Å². The molecule has 0 aliphatic heterocycles. The fourth-order valence-electron chi connectivity index (χ4n) is 5.00. The molecule has 0 aromatic carbocycles. The number of hydrogen-bond donors (Lipinski definition) is 1. The normalized spacial score (nSPS) is 13.8. The molecule has 0 saturated carbocycles. The summed E-state index contributed by atoms with van der Waals surface area (Å²) in [7, 11) is 1.26. The molecule has 0 fully saturated rings. The molecule has 0 amide bonds. The lowest BCUT2D eigenvalue weighted by molar-refractivity contribution is -0.870. The van der Waals surface area contributed by atoms with E-state index in [9.17, 15) is 19.0 Å². The van der Waals surface area contributed by atoms with Crippen LogP contribution in [0, 0.1) is 0 Å². The molecule has 0 aliphatic rings. The van der Waals surface area contributed by atoms with E-state index in [-0.39, 0.29) is 19.4 Å². The van der Waals surface area contributed by atoms with Crippen molar-refractivity contribution < 1.29 is 42.1 Å². The second-order valence-corrected chi connectivity index (χ2v) is 15.0. The van der Waals surface area contributed by atoms with Crippen LogP contribution in [-0.2, 0) is 32.7 Å². The monoisotopic (exact) mass is 664 g/mol. The fourth-order valence-corrected chi connectivity index (χ4v) is 5.78. The molecule has 0 aliphatic carbocycles. The SMILES string of the molecule is CCCCCCCCCCCCCC(=O)OC[C@@H](OC(=O)CCCCCCCCCCCCC)OP(=O)(O)OCC[N+](C)(C)C. The third-order valence-corrected chi connectivity index (χ3v) is 8.89. The molecule has 0 radical (unpaired) electrons. The van der Waals surface area contributed by atoms with E-state index in [0.29, 0.717) is 23.9 Å². The van der Waals surface area contributed by atoms with Crippen LogP contribution in [0.3, 0.4) is 0 Å². The van der Waals surface area contributed by atoms with Crippen molar-refractivity contribution in [2.24, 2.45) is 0 Å². The molecule has 1 N–H and O–H groups in total. The molecule has 1 unspecified atom stereocenters. The molecule has 0 spiro atoms. The second-order valence-electron chi connectivity index (χ2n) is 13.6. The molecule has 2 atom stereocenters. The molecular formula is C35H71NO8P+. The first-order valence-electron chi connectivity index (χ1n) is 18.3. The predicted molar refractivity (Wildman–Crippen MR) is 183 cm³/mol. The van der Waals surface area contributed by atoms with Gasteiger partial charge in [-0.15, -0.1) is 0 Å². The van der Waals surface area contributed by atoms with Gasteiger partial charge in [0.15, 0.2) is 6.61 Å². The Morgan fingerprint density at radius 3 is 1.40 bits per heavy atom. The Labute approximate surface area is 276 Å². The highest BCUT2D eigenvalue weighted by Gasteiger charge is 2.31. The second kappa shape index (κ2) is 29.2. The first kappa shape index (κ1) is 44.0. The number of quaternary nitrogens is 1. The van der Waals surface area contributed by atoms with Crippen molar-refractivity contribution in [3.05, 3.63) is 0 Å². The average Bonchev–Trinajstić information content (AvgIpc) is 2.96. The van der Waals surface area contributed by atoms with Crippen LogP contribution in [0.15, 0.2) is 0 Å². The van der Waals surface area contributed by atoms with Crippen molar-refractivity contribution >= 4 is 19.8 Å². The number of phosphoric ester groups is 1. The quantitative estimate of drug-likeness (QED) is 0.0243. The number of phosphoric acid groups is 1. The van der Waals surface area contributed by atoms with Gasteiger partial charge in [-0.25, -0.2) is 9.09 Å². The number of ether oxygens (including phenoxy) is 2. The van der Waals surface area contributed by atoms with Gasteiger partial charge in [-0.05, 0) is 12.8 Å². The zero-order valence-electron chi connectivity index (χ0n) is 29.9. The van der Waals surface area contributed by atoms with E-state index in [2.05, 4.69) is 13.8 Å². The van der Waals surface area contributed by atoms with E-state index in [1.54, 1.807) is 0 Å². The Bertz CT molecular complexity index is 758. The number of unbranched alkanes of at least 4 members (excludes halogenated alkanes) is 20. The Morgan fingerprint density at radius 2 is 1.00 bits per heavy atom. The van der Waals surface area contributed by atoms with Crippen LogP contribution in [-0.4, -0.2) is 68.5 Å². The summed E-state index contributed by atoms with van der Waals surface area (Å²) < 4.78 is 33.9. The van der Waals surface area contributed by atoms with Gasteiger partial charge < -0.3 is 18.9 Å². The van der Waals surface area contributed by atoms with Crippen LogP contribution in [0.5, 0.6) is 0 Å². The van der Waals surface area contributed by atoms with Crippen molar-refractivity contribution in [2.45, 2.75) is 174 Å². The lowest BCUT2D eigenvalue weighted by Gasteiger charge is -2.25. The van der Waals surface area contributed by atoms with Crippen molar-refractivity contribution in [1.29, 1.82) is 0 Å². The molecule has 0 aromatic heterocycles. The number of hydrogen-bond acceptors (Lipinski definition) is 7. The summed E-state index contributed by atoms with van der Waals surface area (Å²) in [5.41, 5.74) is 0. The van der Waals surface area contributed by atoms with Gasteiger partial charge in [-0.3, -0.25) is 14.1 Å². The van der Waals surface area contributed by atoms with Crippen LogP contribution >= 0.6 is 7.82 Å². The maximum Gasteiger partial charge on any atom is 0.475 e. The molecule has 0 saturated heterocycles. The van der Waals surface area contributed by atoms with Crippen molar-refractivity contribution in [2.75, 3.05) is 40.9 Å². The molecule has 9 nitrogen and oxygen atoms in total. The summed E-state index contributed by atoms with van der Waals surface area (Å²) in [6.07, 6.45) is 24.7. The average molecular weight is 665 g/mol. The van der Waals surface area contributed by atoms with Gasteiger partial charge in [-0.1, -0.05) is 142 Å². The standard InChI is InChI=1S/C35H70NO8P/c1-6-8-10-12-14-16-18-20-22-24-26-28-33(37)41-32-35(44-45(39,40)42-31-30-36(3,4)5)43-34(38)29-27-25-23-21-19-17-15-13-11-9-7-2/h35H,6-32H2,1-5H3/p+1/t35-/m0/s1. The molecule has 0 rings (SSSR count). The van der Waals surface area contributed by atoms with Gasteiger partial charge in [0.25, 0.3) is 0 Å². The number of carbonyl (C=O) groups is 2. The maximum absolute atomic E-state index is 12.6. The first-order chi connectivity index (χ1) is 21.5. The maximum atomic E-state index is 12.6. The third kappa shape index (κ3) is 32.7. The number of rotatable bonds is 33. The lowest BCUT2D eigenvalue weighted by atomic mass is 10.1. The van der Waals surface area contributed by atoms with Crippen LogP contribution in [0.1, 0.15) is 168 Å². The number of carbonyl (C=O) groups excluding carboxylic acids is 2. The van der Waals surface area contributed by atoms with Crippen molar-refractivity contribution in [3.8, 4) is 0 Å². The fraction of sp³-hybridized carbons (Fsp3) is 0.943. The third-order valence-electron chi connectivity index (χ3n) is 7.88. The summed E-state index contributed by atoms with van der Waals surface area (Å²) in [6.45, 7) is 4.47. The molecule has 0 bridgehead atoms. The van der Waals surface area contributed by atoms with E-state index in [1.165, 1.54) is 96.3 Å². The van der Waals surface area contributed by atoms with Gasteiger partial charge in [0, 0.05) is 12.8 Å². The molecule has 10 heteroatoms. The summed E-state index contributed by atoms with van der Waals surface area (Å²) >= 11 is 0. The van der Waals surface area contributed by atoms with Crippen LogP contribution in [0.2, 0.25) is 0 Å². The highest BCUT2D eigenvalue weighted by molar-refractivity contribution is 7.47. The highest BCUT2D eigenvalue weighted by atomic mass is 31.2. The van der Waals surface area contributed by atoms with Crippen LogP contribution < -0.4 is 0 Å². The molecule has 0 aromatic rings. The predicted octanol–water partition coefficient (Wildman–Crippen LogP) is 9.64. The zero-order chi connectivity index (χ0) is 33.7. The Hall–Kier alpha value is -0.990. The number of likely N-dealkylation sites (N-methyl/N-ethyl adjacent to an activating group) is 1. The smallest absolute Gasteiger partial charge is 0.459 e. The number of nitrogens with zero attached hydrogens (tertiary/aromatic N) is 1. The lowest BCUT2D eigenvalue weighted by Crippen LogP contribution is -2.37. The van der Waals surface area contributed by atoms with E-state index < -0.39 is 32.7 Å². The highest BCUT2D eigenvalue weighted by Crippen LogP contribution is 2.44. The molecule has 268 valence electrons. The Balaban J connectivity index is 4.43. The topological polar surface area (TPSA) is 108 Å². The molecule has 45 heavy (non-hydrogen) atoms. The molecular weight excluding hydrogens is 593 g/mol. The minimum atomic E-state index is -4.53.